The summed E-state index contributed by atoms with van der Waals surface area (Å²) in [6.07, 6.45) is 6.99. The summed E-state index contributed by atoms with van der Waals surface area (Å²) >= 11 is 0. The molecule has 0 bridgehead atoms. The van der Waals surface area contributed by atoms with E-state index in [1.54, 1.807) is 7.11 Å². The number of rotatable bonds is 6. The highest BCUT2D eigenvalue weighted by molar-refractivity contribution is 5.55. The van der Waals surface area contributed by atoms with Crippen molar-refractivity contribution < 1.29 is 13.9 Å². The number of halogens is 1. The summed E-state index contributed by atoms with van der Waals surface area (Å²) in [5, 5.41) is 0. The molecule has 3 heteroatoms. The second-order valence-electron chi connectivity index (χ2n) is 5.14. The van der Waals surface area contributed by atoms with Crippen molar-refractivity contribution in [2.45, 2.75) is 65.0 Å². The van der Waals surface area contributed by atoms with E-state index < -0.39 is 6.17 Å². The highest BCUT2D eigenvalue weighted by atomic mass is 19.1. The number of carbonyl (C=O) groups excluding carboxylic acids is 1. The van der Waals surface area contributed by atoms with Gasteiger partial charge in [0.25, 0.3) is 0 Å². The van der Waals surface area contributed by atoms with Gasteiger partial charge in [0.2, 0.25) is 0 Å². The SMILES string of the molecule is CCCC1CCC(CC(F)C=O)CC1.CCOC. The fourth-order valence-corrected chi connectivity index (χ4v) is 2.54. The second kappa shape index (κ2) is 11.6. The molecular weight excluding hydrogens is 231 g/mol. The Hall–Kier alpha value is -0.440. The largest absolute Gasteiger partial charge is 0.385 e. The molecule has 1 aliphatic carbocycles. The van der Waals surface area contributed by atoms with Crippen molar-refractivity contribution in [1.82, 2.24) is 0 Å². The third-order valence-corrected chi connectivity index (χ3v) is 3.66. The third-order valence-electron chi connectivity index (χ3n) is 3.66. The highest BCUT2D eigenvalue weighted by Crippen LogP contribution is 2.33. The number of hydrogen-bond acceptors (Lipinski definition) is 2. The van der Waals surface area contributed by atoms with Crippen molar-refractivity contribution in [2.75, 3.05) is 13.7 Å². The van der Waals surface area contributed by atoms with Crippen LogP contribution in [0.25, 0.3) is 0 Å². The Kier molecular flexibility index (Phi) is 11.4. The molecule has 1 aliphatic rings. The van der Waals surface area contributed by atoms with Gasteiger partial charge in [0.05, 0.1) is 0 Å². The Morgan fingerprint density at radius 3 is 2.11 bits per heavy atom. The quantitative estimate of drug-likeness (QED) is 0.670. The topological polar surface area (TPSA) is 26.3 Å². The van der Waals surface area contributed by atoms with Crippen molar-refractivity contribution >= 4 is 6.29 Å². The van der Waals surface area contributed by atoms with E-state index in [0.29, 0.717) is 18.6 Å². The first-order valence-electron chi connectivity index (χ1n) is 7.26. The standard InChI is InChI=1S/C12H21FO.C3H8O/c1-2-3-10-4-6-11(7-5-10)8-12(13)9-14;1-3-4-2/h9-12H,2-8H2,1H3;3H2,1-2H3. The average Bonchev–Trinajstić information content (AvgIpc) is 2.41. The lowest BCUT2D eigenvalue weighted by Gasteiger charge is -2.28. The molecule has 0 spiro atoms. The van der Waals surface area contributed by atoms with Crippen LogP contribution >= 0.6 is 0 Å². The molecule has 1 fully saturated rings. The number of alkyl halides is 1. The van der Waals surface area contributed by atoms with Crippen LogP contribution in [0.4, 0.5) is 4.39 Å². The molecule has 0 heterocycles. The summed E-state index contributed by atoms with van der Waals surface area (Å²) in [7, 11) is 1.68. The summed E-state index contributed by atoms with van der Waals surface area (Å²) in [4.78, 5) is 10.2. The van der Waals surface area contributed by atoms with Crippen LogP contribution in [0, 0.1) is 11.8 Å². The lowest BCUT2D eigenvalue weighted by atomic mass is 9.78. The smallest absolute Gasteiger partial charge is 0.155 e. The van der Waals surface area contributed by atoms with E-state index in [4.69, 9.17) is 0 Å². The lowest BCUT2D eigenvalue weighted by molar-refractivity contribution is -0.112. The molecule has 0 aliphatic heterocycles. The van der Waals surface area contributed by atoms with Crippen LogP contribution in [0.5, 0.6) is 0 Å². The molecule has 0 saturated heterocycles. The van der Waals surface area contributed by atoms with Crippen LogP contribution in [0.15, 0.2) is 0 Å². The van der Waals surface area contributed by atoms with E-state index in [9.17, 15) is 9.18 Å². The third kappa shape index (κ3) is 8.62. The zero-order valence-corrected chi connectivity index (χ0v) is 12.2. The van der Waals surface area contributed by atoms with Crippen LogP contribution in [0.2, 0.25) is 0 Å². The van der Waals surface area contributed by atoms with Crippen LogP contribution in [0.3, 0.4) is 0 Å². The van der Waals surface area contributed by atoms with Gasteiger partial charge in [-0.2, -0.15) is 0 Å². The van der Waals surface area contributed by atoms with Crippen molar-refractivity contribution in [2.24, 2.45) is 11.8 Å². The molecular formula is C15H29FO2. The van der Waals surface area contributed by atoms with E-state index in [1.165, 1.54) is 25.7 Å². The molecule has 1 unspecified atom stereocenters. The molecule has 0 aromatic rings. The highest BCUT2D eigenvalue weighted by Gasteiger charge is 2.22. The van der Waals surface area contributed by atoms with Gasteiger partial charge in [-0.05, 0) is 25.2 Å². The van der Waals surface area contributed by atoms with Gasteiger partial charge < -0.3 is 9.53 Å². The first-order chi connectivity index (χ1) is 8.67. The molecule has 0 aromatic carbocycles. The Bertz CT molecular complexity index is 187. The molecule has 0 aromatic heterocycles. The van der Waals surface area contributed by atoms with Gasteiger partial charge >= 0.3 is 0 Å². The Morgan fingerprint density at radius 1 is 1.22 bits per heavy atom. The van der Waals surface area contributed by atoms with Crippen molar-refractivity contribution in [1.29, 1.82) is 0 Å². The van der Waals surface area contributed by atoms with E-state index >= 15 is 0 Å². The van der Waals surface area contributed by atoms with Gasteiger partial charge in [-0.15, -0.1) is 0 Å². The van der Waals surface area contributed by atoms with Crippen molar-refractivity contribution in [3.05, 3.63) is 0 Å². The van der Waals surface area contributed by atoms with Gasteiger partial charge in [0.1, 0.15) is 0 Å². The Morgan fingerprint density at radius 2 is 1.72 bits per heavy atom. The molecule has 18 heavy (non-hydrogen) atoms. The maximum Gasteiger partial charge on any atom is 0.155 e. The molecule has 1 atom stereocenters. The summed E-state index contributed by atoms with van der Waals surface area (Å²) in [6.45, 7) is 5.00. The molecule has 0 amide bonds. The Labute approximate surface area is 111 Å². The lowest BCUT2D eigenvalue weighted by Crippen LogP contribution is -2.18. The Balaban J connectivity index is 0.000000631. The van der Waals surface area contributed by atoms with Crippen LogP contribution in [0.1, 0.15) is 58.8 Å². The van der Waals surface area contributed by atoms with Gasteiger partial charge in [0, 0.05) is 13.7 Å². The van der Waals surface area contributed by atoms with Gasteiger partial charge in [-0.1, -0.05) is 45.4 Å². The first kappa shape index (κ1) is 17.6. The van der Waals surface area contributed by atoms with Gasteiger partial charge in [0.15, 0.2) is 12.5 Å². The summed E-state index contributed by atoms with van der Waals surface area (Å²) in [5.41, 5.74) is 0. The molecule has 0 N–H and O–H groups in total. The predicted molar refractivity (Wildman–Crippen MR) is 73.5 cm³/mol. The van der Waals surface area contributed by atoms with Crippen LogP contribution in [-0.2, 0) is 9.53 Å². The zero-order valence-electron chi connectivity index (χ0n) is 12.2. The molecule has 2 nitrogen and oxygen atoms in total. The molecule has 1 rings (SSSR count). The van der Waals surface area contributed by atoms with E-state index in [2.05, 4.69) is 11.7 Å². The number of methoxy groups -OCH3 is 1. The molecule has 0 radical (unpaired) electrons. The zero-order chi connectivity index (χ0) is 13.8. The van der Waals surface area contributed by atoms with Crippen LogP contribution < -0.4 is 0 Å². The number of hydrogen-bond donors (Lipinski definition) is 0. The van der Waals surface area contributed by atoms with Gasteiger partial charge in [-0.25, -0.2) is 4.39 Å². The van der Waals surface area contributed by atoms with E-state index in [1.807, 2.05) is 6.92 Å². The maximum absolute atomic E-state index is 12.8. The first-order valence-corrected chi connectivity index (χ1v) is 7.26. The van der Waals surface area contributed by atoms with Gasteiger partial charge in [-0.3, -0.25) is 0 Å². The fraction of sp³-hybridized carbons (Fsp3) is 0.933. The predicted octanol–water partition coefficient (Wildman–Crippen LogP) is 4.17. The minimum Gasteiger partial charge on any atom is -0.385 e. The number of aldehydes is 1. The number of ether oxygens (including phenoxy) is 1. The second-order valence-corrected chi connectivity index (χ2v) is 5.14. The minimum absolute atomic E-state index is 0.443. The number of carbonyl (C=O) groups is 1. The summed E-state index contributed by atoms with van der Waals surface area (Å²) < 4.78 is 17.3. The minimum atomic E-state index is -1.22. The fourth-order valence-electron chi connectivity index (χ4n) is 2.54. The van der Waals surface area contributed by atoms with E-state index in [0.717, 1.165) is 25.4 Å². The summed E-state index contributed by atoms with van der Waals surface area (Å²) in [6, 6.07) is 0. The monoisotopic (exact) mass is 260 g/mol. The van der Waals surface area contributed by atoms with Crippen molar-refractivity contribution in [3.8, 4) is 0 Å². The summed E-state index contributed by atoms with van der Waals surface area (Å²) in [5.74, 6) is 1.33. The maximum atomic E-state index is 12.8. The molecule has 1 saturated carbocycles. The normalized spacial score (nSPS) is 24.9. The molecule has 108 valence electrons. The van der Waals surface area contributed by atoms with Crippen molar-refractivity contribution in [3.63, 3.8) is 0 Å². The van der Waals surface area contributed by atoms with E-state index in [-0.39, 0.29) is 0 Å². The van der Waals surface area contributed by atoms with Crippen LogP contribution in [-0.4, -0.2) is 26.2 Å². The average molecular weight is 260 g/mol.